The van der Waals surface area contributed by atoms with Crippen molar-refractivity contribution in [1.82, 2.24) is 0 Å². The second-order valence-corrected chi connectivity index (χ2v) is 2.81. The Morgan fingerprint density at radius 1 is 1.47 bits per heavy atom. The van der Waals surface area contributed by atoms with Crippen molar-refractivity contribution in [3.05, 3.63) is 29.3 Å². The van der Waals surface area contributed by atoms with Crippen LogP contribution in [0.2, 0.25) is 5.02 Å². The molecule has 0 aliphatic carbocycles. The second-order valence-electron chi connectivity index (χ2n) is 2.40. The quantitative estimate of drug-likeness (QED) is 0.463. The Labute approximate surface area is 112 Å². The standard InChI is InChI=1S/C10H12ClO2.BrH.Zn/c1-2-12-7-8-13-10-6-4-3-5-9(10)11;;/h4-6H,2,7-8H2,1H3;1H;/q-1;;+2/p-1. The molecule has 1 aromatic rings. The van der Waals surface area contributed by atoms with E-state index in [2.05, 4.69) is 19.7 Å². The van der Waals surface area contributed by atoms with Gasteiger partial charge in [-0.15, -0.1) is 6.07 Å². The molecule has 1 rings (SSSR count). The first-order valence-corrected chi connectivity index (χ1v) is 11.8. The van der Waals surface area contributed by atoms with E-state index in [1.807, 2.05) is 6.92 Å². The zero-order valence-corrected chi connectivity index (χ0v) is 13.9. The molecule has 5 heteroatoms. The van der Waals surface area contributed by atoms with Gasteiger partial charge in [0, 0.05) is 12.4 Å². The monoisotopic (exact) mass is 342 g/mol. The molecule has 0 atom stereocenters. The van der Waals surface area contributed by atoms with Crippen molar-refractivity contribution < 1.29 is 25.8 Å². The van der Waals surface area contributed by atoms with Crippen LogP contribution in [0.1, 0.15) is 6.92 Å². The predicted molar refractivity (Wildman–Crippen MR) is 61.2 cm³/mol. The van der Waals surface area contributed by atoms with Gasteiger partial charge in [0.15, 0.2) is 0 Å². The summed E-state index contributed by atoms with van der Waals surface area (Å²) in [6.07, 6.45) is 0. The summed E-state index contributed by atoms with van der Waals surface area (Å²) in [5, 5.41) is 0.582. The Morgan fingerprint density at radius 2 is 2.20 bits per heavy atom. The Bertz CT molecular complexity index is 261. The normalized spacial score (nSPS) is 9.13. The Kier molecular flexibility index (Phi) is 11.1. The first kappa shape index (κ1) is 15.4. The van der Waals surface area contributed by atoms with E-state index in [9.17, 15) is 0 Å². The molecule has 0 heterocycles. The van der Waals surface area contributed by atoms with E-state index >= 15 is 0 Å². The molecule has 0 unspecified atom stereocenters. The van der Waals surface area contributed by atoms with Crippen LogP contribution in [0, 0.1) is 6.07 Å². The minimum atomic E-state index is 0.525. The average Bonchev–Trinajstić information content (AvgIpc) is 2.29. The molecule has 0 saturated heterocycles. The third-order valence-corrected chi connectivity index (χ3v) is 1.76. The Hall–Kier alpha value is 0.373. The predicted octanol–water partition coefficient (Wildman–Crippen LogP) is 3.40. The van der Waals surface area contributed by atoms with Gasteiger partial charge >= 0.3 is 30.0 Å². The van der Waals surface area contributed by atoms with Crippen LogP contribution in [0.5, 0.6) is 5.75 Å². The fourth-order valence-corrected chi connectivity index (χ4v) is 1.05. The second kappa shape index (κ2) is 10.9. The topological polar surface area (TPSA) is 18.5 Å². The van der Waals surface area contributed by atoms with Crippen LogP contribution in [0.3, 0.4) is 0 Å². The Balaban J connectivity index is 0.000000921. The van der Waals surface area contributed by atoms with Gasteiger partial charge in [0.2, 0.25) is 0 Å². The number of benzene rings is 1. The van der Waals surface area contributed by atoms with Gasteiger partial charge in [-0.05, 0) is 11.9 Å². The molecule has 0 aliphatic heterocycles. The molecular weight excluding hydrogens is 333 g/mol. The third kappa shape index (κ3) is 7.29. The van der Waals surface area contributed by atoms with Gasteiger partial charge in [0.05, 0.1) is 6.61 Å². The van der Waals surface area contributed by atoms with Crippen LogP contribution in [0.4, 0.5) is 0 Å². The van der Waals surface area contributed by atoms with Gasteiger partial charge in [0.25, 0.3) is 0 Å². The summed E-state index contributed by atoms with van der Waals surface area (Å²) in [5.74, 6) is 0.681. The van der Waals surface area contributed by atoms with Gasteiger partial charge in [-0.1, -0.05) is 0 Å². The molecule has 0 saturated carbocycles. The summed E-state index contributed by atoms with van der Waals surface area (Å²) in [6.45, 7) is 3.77. The molecule has 1 aromatic carbocycles. The minimum absolute atomic E-state index is 0.525. The summed E-state index contributed by atoms with van der Waals surface area (Å²) in [5.41, 5.74) is 0. The zero-order chi connectivity index (χ0) is 11.5. The molecule has 0 aromatic heterocycles. The van der Waals surface area contributed by atoms with Crippen molar-refractivity contribution in [3.8, 4) is 5.75 Å². The molecule has 0 spiro atoms. The van der Waals surface area contributed by atoms with Crippen molar-refractivity contribution in [2.45, 2.75) is 6.92 Å². The average molecular weight is 345 g/mol. The van der Waals surface area contributed by atoms with Gasteiger partial charge in [0.1, 0.15) is 6.61 Å². The van der Waals surface area contributed by atoms with E-state index in [1.54, 1.807) is 18.2 Å². The van der Waals surface area contributed by atoms with Crippen LogP contribution in [-0.4, -0.2) is 19.8 Å². The van der Waals surface area contributed by atoms with Gasteiger partial charge in [-0.2, -0.15) is 29.8 Å². The number of ether oxygens (including phenoxy) is 2. The van der Waals surface area contributed by atoms with Crippen molar-refractivity contribution in [1.29, 1.82) is 0 Å². The van der Waals surface area contributed by atoms with Gasteiger partial charge in [-0.25, -0.2) is 0 Å². The summed E-state index contributed by atoms with van der Waals surface area (Å²) in [7, 11) is 0. The molecule has 15 heavy (non-hydrogen) atoms. The molecule has 0 bridgehead atoms. The van der Waals surface area contributed by atoms with E-state index in [0.717, 1.165) is 0 Å². The zero-order valence-electron chi connectivity index (χ0n) is 8.63. The number of hydrogen-bond donors (Lipinski definition) is 0. The van der Waals surface area contributed by atoms with E-state index in [4.69, 9.17) is 21.1 Å². The van der Waals surface area contributed by atoms with E-state index in [1.165, 1.54) is 16.3 Å². The van der Waals surface area contributed by atoms with Gasteiger partial charge in [-0.3, -0.25) is 0 Å². The number of hydrogen-bond acceptors (Lipinski definition) is 2. The van der Waals surface area contributed by atoms with Crippen LogP contribution in [-0.2, 0) is 21.1 Å². The summed E-state index contributed by atoms with van der Waals surface area (Å²) in [6, 6.07) is 8.09. The molecule has 0 N–H and O–H groups in total. The number of halogens is 2. The molecule has 0 radical (unpaired) electrons. The maximum atomic E-state index is 5.84. The van der Waals surface area contributed by atoms with Crippen LogP contribution in [0.25, 0.3) is 0 Å². The first-order chi connectivity index (χ1) is 7.34. The molecule has 0 amide bonds. The summed E-state index contributed by atoms with van der Waals surface area (Å²) in [4.78, 5) is 0. The van der Waals surface area contributed by atoms with Crippen molar-refractivity contribution in [2.75, 3.05) is 19.8 Å². The van der Waals surface area contributed by atoms with E-state index in [-0.39, 0.29) is 0 Å². The van der Waals surface area contributed by atoms with Crippen LogP contribution in [0.15, 0.2) is 18.2 Å². The van der Waals surface area contributed by atoms with Crippen LogP contribution < -0.4 is 4.74 Å². The molecule has 2 nitrogen and oxygen atoms in total. The number of rotatable bonds is 5. The summed E-state index contributed by atoms with van der Waals surface area (Å²) < 4.78 is 10.5. The fraction of sp³-hybridized carbons (Fsp3) is 0.400. The van der Waals surface area contributed by atoms with E-state index < -0.39 is 0 Å². The molecule has 0 fully saturated rings. The molecule has 0 aliphatic rings. The van der Waals surface area contributed by atoms with E-state index in [0.29, 0.717) is 30.6 Å². The first-order valence-electron chi connectivity index (χ1n) is 4.47. The van der Waals surface area contributed by atoms with Gasteiger partial charge < -0.3 is 9.47 Å². The van der Waals surface area contributed by atoms with Crippen molar-refractivity contribution in [2.24, 2.45) is 0 Å². The molecular formula is C10H12BrClO2Zn. The van der Waals surface area contributed by atoms with Crippen molar-refractivity contribution in [3.63, 3.8) is 0 Å². The SMILES string of the molecule is CCOCCOc1cc[c-]cc1Cl.[Zn+][Br]. The fourth-order valence-electron chi connectivity index (χ4n) is 0.868. The maximum absolute atomic E-state index is 5.84. The third-order valence-electron chi connectivity index (χ3n) is 1.47. The summed E-state index contributed by atoms with van der Waals surface area (Å²) >= 11 is 10.1. The molecule has 80 valence electrons. The van der Waals surface area contributed by atoms with Crippen molar-refractivity contribution >= 4 is 25.2 Å². The van der Waals surface area contributed by atoms with Crippen LogP contribution >= 0.6 is 25.2 Å². The Morgan fingerprint density at radius 3 is 2.80 bits per heavy atom.